The number of halogens is 2. The lowest BCUT2D eigenvalue weighted by atomic mass is 10.1. The van der Waals surface area contributed by atoms with Crippen LogP contribution in [-0.4, -0.2) is 50.4 Å². The molecule has 0 heterocycles. The predicted octanol–water partition coefficient (Wildman–Crippen LogP) is 5.92. The molecule has 41 heavy (non-hydrogen) atoms. The van der Waals surface area contributed by atoms with Gasteiger partial charge in [0.05, 0.1) is 17.2 Å². The fraction of sp³-hybridized carbons (Fsp3) is 0.333. The smallest absolute Gasteiger partial charge is 0.264 e. The quantitative estimate of drug-likeness (QED) is 0.256. The van der Waals surface area contributed by atoms with E-state index in [0.29, 0.717) is 34.4 Å². The Kier molecular flexibility index (Phi) is 11.5. The second-order valence-electron chi connectivity index (χ2n) is 9.50. The van der Waals surface area contributed by atoms with Gasteiger partial charge in [-0.1, -0.05) is 54.4 Å². The first-order valence-corrected chi connectivity index (χ1v) is 15.5. The average molecular weight is 621 g/mol. The molecule has 0 unspecified atom stereocenters. The number of benzene rings is 3. The molecule has 3 aromatic carbocycles. The van der Waals surface area contributed by atoms with Crippen LogP contribution < -0.4 is 14.4 Å². The Labute approximate surface area is 252 Å². The molecule has 0 aliphatic carbocycles. The molecule has 11 heteroatoms. The Bertz CT molecular complexity index is 1440. The summed E-state index contributed by atoms with van der Waals surface area (Å²) in [6.07, 6.45) is 0.705. The van der Waals surface area contributed by atoms with Gasteiger partial charge in [0.25, 0.3) is 10.0 Å². The van der Waals surface area contributed by atoms with Crippen LogP contribution in [0.4, 0.5) is 5.69 Å². The van der Waals surface area contributed by atoms with Crippen molar-refractivity contribution in [2.75, 3.05) is 17.5 Å². The van der Waals surface area contributed by atoms with E-state index in [1.54, 1.807) is 67.6 Å². The molecule has 2 amide bonds. The molecule has 0 radical (unpaired) electrons. The zero-order chi connectivity index (χ0) is 30.2. The number of rotatable bonds is 13. The zero-order valence-corrected chi connectivity index (χ0v) is 25.8. The van der Waals surface area contributed by atoms with Gasteiger partial charge in [-0.3, -0.25) is 13.9 Å². The number of ether oxygens (including phenoxy) is 1. The Hall–Kier alpha value is -3.27. The summed E-state index contributed by atoms with van der Waals surface area (Å²) < 4.78 is 34.2. The largest absolute Gasteiger partial charge is 0.494 e. The van der Waals surface area contributed by atoms with Crippen LogP contribution in [0, 0.1) is 0 Å². The van der Waals surface area contributed by atoms with E-state index in [0.717, 1.165) is 4.31 Å². The summed E-state index contributed by atoms with van der Waals surface area (Å²) in [4.78, 5) is 28.5. The number of anilines is 1. The molecule has 0 aliphatic heterocycles. The Balaban J connectivity index is 2.04. The molecule has 8 nitrogen and oxygen atoms in total. The number of carbonyl (C=O) groups excluding carboxylic acids is 2. The third-order valence-electron chi connectivity index (χ3n) is 6.57. The number of sulfonamides is 1. The number of amides is 2. The number of hydrogen-bond donors (Lipinski definition) is 1. The van der Waals surface area contributed by atoms with E-state index in [9.17, 15) is 18.0 Å². The van der Waals surface area contributed by atoms with E-state index in [-0.39, 0.29) is 29.1 Å². The summed E-state index contributed by atoms with van der Waals surface area (Å²) in [5.41, 5.74) is 0.831. The molecular weight excluding hydrogens is 585 g/mol. The minimum absolute atomic E-state index is 0.0246. The first-order valence-electron chi connectivity index (χ1n) is 13.3. The topological polar surface area (TPSA) is 96.0 Å². The van der Waals surface area contributed by atoms with E-state index < -0.39 is 28.5 Å². The lowest BCUT2D eigenvalue weighted by Crippen LogP contribution is -2.52. The van der Waals surface area contributed by atoms with Crippen molar-refractivity contribution in [1.82, 2.24) is 10.2 Å². The van der Waals surface area contributed by atoms with Crippen molar-refractivity contribution in [3.05, 3.63) is 88.4 Å². The number of carbonyl (C=O) groups is 2. The average Bonchev–Trinajstić information content (AvgIpc) is 2.96. The van der Waals surface area contributed by atoms with Gasteiger partial charge in [0, 0.05) is 22.6 Å². The molecule has 0 spiro atoms. The Morgan fingerprint density at radius 2 is 1.61 bits per heavy atom. The summed E-state index contributed by atoms with van der Waals surface area (Å²) in [6.45, 7) is 7.11. The van der Waals surface area contributed by atoms with Crippen LogP contribution in [0.15, 0.2) is 77.7 Å². The number of nitrogens with one attached hydrogen (secondary N) is 1. The van der Waals surface area contributed by atoms with Gasteiger partial charge in [-0.15, -0.1) is 0 Å². The lowest BCUT2D eigenvalue weighted by Gasteiger charge is -2.32. The van der Waals surface area contributed by atoms with E-state index in [2.05, 4.69) is 5.32 Å². The van der Waals surface area contributed by atoms with Crippen LogP contribution in [0.3, 0.4) is 0 Å². The van der Waals surface area contributed by atoms with Crippen LogP contribution in [0.2, 0.25) is 10.0 Å². The Morgan fingerprint density at radius 1 is 0.951 bits per heavy atom. The van der Waals surface area contributed by atoms with Crippen molar-refractivity contribution >= 4 is 50.7 Å². The number of hydrogen-bond acceptors (Lipinski definition) is 5. The van der Waals surface area contributed by atoms with Gasteiger partial charge in [-0.05, 0) is 81.3 Å². The summed E-state index contributed by atoms with van der Waals surface area (Å²) in [6, 6.07) is 18.1. The highest BCUT2D eigenvalue weighted by atomic mass is 35.5. The van der Waals surface area contributed by atoms with Crippen LogP contribution >= 0.6 is 23.2 Å². The standard InChI is InChI=1S/C30H35Cl2N3O5S/c1-5-21(3)33-30(37)22(4)34(19-23-12-13-24(31)18-28(23)32)29(36)20-35(25-14-16-26(17-15-25)40-6-2)41(38,39)27-10-8-7-9-11-27/h7-18,21-22H,5-6,19-20H2,1-4H3,(H,33,37)/t21-,22-/m1/s1. The van der Waals surface area contributed by atoms with Gasteiger partial charge < -0.3 is 15.0 Å². The highest BCUT2D eigenvalue weighted by molar-refractivity contribution is 7.92. The Morgan fingerprint density at radius 3 is 2.20 bits per heavy atom. The van der Waals surface area contributed by atoms with Crippen molar-refractivity contribution in [2.24, 2.45) is 0 Å². The normalized spacial score (nSPS) is 12.7. The summed E-state index contributed by atoms with van der Waals surface area (Å²) in [5.74, 6) is -0.387. The van der Waals surface area contributed by atoms with Gasteiger partial charge >= 0.3 is 0 Å². The molecule has 0 saturated heterocycles. The molecule has 0 aliphatic rings. The first-order chi connectivity index (χ1) is 19.5. The summed E-state index contributed by atoms with van der Waals surface area (Å²) in [5, 5.41) is 3.65. The fourth-order valence-electron chi connectivity index (χ4n) is 4.01. The van der Waals surface area contributed by atoms with E-state index in [1.807, 2.05) is 20.8 Å². The molecule has 2 atom stereocenters. The van der Waals surface area contributed by atoms with Gasteiger partial charge in [0.1, 0.15) is 18.3 Å². The zero-order valence-electron chi connectivity index (χ0n) is 23.5. The van der Waals surface area contributed by atoms with Gasteiger partial charge in [0.2, 0.25) is 11.8 Å². The van der Waals surface area contributed by atoms with Crippen LogP contribution in [0.1, 0.15) is 39.7 Å². The maximum absolute atomic E-state index is 14.0. The monoisotopic (exact) mass is 619 g/mol. The molecule has 0 aromatic heterocycles. The predicted molar refractivity (Wildman–Crippen MR) is 163 cm³/mol. The fourth-order valence-corrected chi connectivity index (χ4v) is 5.91. The molecule has 0 bridgehead atoms. The third kappa shape index (κ3) is 8.38. The van der Waals surface area contributed by atoms with E-state index in [4.69, 9.17) is 27.9 Å². The van der Waals surface area contributed by atoms with Crippen molar-refractivity contribution in [1.29, 1.82) is 0 Å². The maximum Gasteiger partial charge on any atom is 0.264 e. The minimum Gasteiger partial charge on any atom is -0.494 e. The van der Waals surface area contributed by atoms with E-state index >= 15 is 0 Å². The second-order valence-corrected chi connectivity index (χ2v) is 12.2. The molecule has 3 rings (SSSR count). The molecular formula is C30H35Cl2N3O5S. The maximum atomic E-state index is 14.0. The van der Waals surface area contributed by atoms with Crippen molar-refractivity contribution in [2.45, 2.75) is 57.6 Å². The summed E-state index contributed by atoms with van der Waals surface area (Å²) in [7, 11) is -4.16. The number of nitrogens with zero attached hydrogens (tertiary/aromatic N) is 2. The van der Waals surface area contributed by atoms with Crippen molar-refractivity contribution in [3.8, 4) is 5.75 Å². The lowest BCUT2D eigenvalue weighted by molar-refractivity contribution is -0.139. The van der Waals surface area contributed by atoms with Crippen LogP contribution in [0.25, 0.3) is 0 Å². The minimum atomic E-state index is -4.16. The van der Waals surface area contributed by atoms with Crippen LogP contribution in [0.5, 0.6) is 5.75 Å². The third-order valence-corrected chi connectivity index (χ3v) is 8.94. The molecule has 1 N–H and O–H groups in total. The second kappa shape index (κ2) is 14.6. The van der Waals surface area contributed by atoms with Crippen LogP contribution in [-0.2, 0) is 26.2 Å². The highest BCUT2D eigenvalue weighted by Gasteiger charge is 2.33. The first kappa shape index (κ1) is 32.2. The molecule has 3 aromatic rings. The van der Waals surface area contributed by atoms with Crippen molar-refractivity contribution < 1.29 is 22.7 Å². The van der Waals surface area contributed by atoms with Crippen molar-refractivity contribution in [3.63, 3.8) is 0 Å². The summed E-state index contributed by atoms with van der Waals surface area (Å²) >= 11 is 12.5. The molecule has 220 valence electrons. The SMILES string of the molecule is CCOc1ccc(N(CC(=O)N(Cc2ccc(Cl)cc2Cl)[C@H](C)C(=O)N[C@H](C)CC)S(=O)(=O)c2ccccc2)cc1. The van der Waals surface area contributed by atoms with Gasteiger partial charge in [-0.25, -0.2) is 8.42 Å². The highest BCUT2D eigenvalue weighted by Crippen LogP contribution is 2.28. The molecule has 0 fully saturated rings. The van der Waals surface area contributed by atoms with Gasteiger partial charge in [0.15, 0.2) is 0 Å². The van der Waals surface area contributed by atoms with Gasteiger partial charge in [-0.2, -0.15) is 0 Å². The molecule has 0 saturated carbocycles. The van der Waals surface area contributed by atoms with E-state index in [1.165, 1.54) is 17.0 Å².